The fourth-order valence-electron chi connectivity index (χ4n) is 4.45. The van der Waals surface area contributed by atoms with E-state index in [9.17, 15) is 14.4 Å². The maximum Gasteiger partial charge on any atom is 0.319 e. The maximum absolute atomic E-state index is 12.9. The minimum Gasteiger partial charge on any atom is -0.342 e. The van der Waals surface area contributed by atoms with Crippen molar-refractivity contribution in [1.29, 1.82) is 0 Å². The molecule has 2 aliphatic heterocycles. The summed E-state index contributed by atoms with van der Waals surface area (Å²) in [7, 11) is 0. The van der Waals surface area contributed by atoms with E-state index in [0.29, 0.717) is 37.5 Å². The average Bonchev–Trinajstić information content (AvgIpc) is 2.80. The molecule has 1 aromatic carbocycles. The van der Waals surface area contributed by atoms with E-state index in [2.05, 4.69) is 56.3 Å². The van der Waals surface area contributed by atoms with Crippen molar-refractivity contribution in [2.75, 3.05) is 31.5 Å². The molecule has 0 unspecified atom stereocenters. The molecule has 2 heterocycles. The van der Waals surface area contributed by atoms with E-state index in [1.54, 1.807) is 11.8 Å². The fourth-order valence-corrected chi connectivity index (χ4v) is 5.87. The summed E-state index contributed by atoms with van der Waals surface area (Å²) in [5, 5.41) is 5.57. The van der Waals surface area contributed by atoms with Gasteiger partial charge in [0.05, 0.1) is 5.69 Å². The number of hydrogen-bond donors (Lipinski definition) is 2. The van der Waals surface area contributed by atoms with Gasteiger partial charge in [-0.2, -0.15) is 0 Å². The molecule has 2 N–H and O–H groups in total. The lowest BCUT2D eigenvalue weighted by Gasteiger charge is -2.36. The monoisotopic (exact) mass is 584 g/mol. The third kappa shape index (κ3) is 6.72. The highest BCUT2D eigenvalue weighted by Crippen LogP contribution is 2.34. The summed E-state index contributed by atoms with van der Waals surface area (Å²) >= 11 is 7.04. The van der Waals surface area contributed by atoms with Gasteiger partial charge in [0.1, 0.15) is 6.04 Å². The van der Waals surface area contributed by atoms with Crippen LogP contribution in [0.3, 0.4) is 0 Å². The molecular formula is C24H34Br2N4O3. The van der Waals surface area contributed by atoms with Crippen LogP contribution in [0.15, 0.2) is 21.1 Å². The van der Waals surface area contributed by atoms with Crippen LogP contribution in [0.5, 0.6) is 0 Å². The van der Waals surface area contributed by atoms with Crippen LogP contribution in [0.25, 0.3) is 0 Å². The third-order valence-corrected chi connectivity index (χ3v) is 7.76. The molecule has 9 heteroatoms. The Balaban J connectivity index is 1.49. The molecule has 4 amide bonds. The number of anilines is 1. The molecule has 7 nitrogen and oxygen atoms in total. The highest BCUT2D eigenvalue weighted by atomic mass is 79.9. The molecule has 2 aliphatic rings. The van der Waals surface area contributed by atoms with Crippen molar-refractivity contribution < 1.29 is 14.4 Å². The molecular weight excluding hydrogens is 552 g/mol. The number of nitrogens with zero attached hydrogens (tertiary/aromatic N) is 2. The minimum absolute atomic E-state index is 0.00206. The number of nitrogens with one attached hydrogen (secondary N) is 2. The number of hydrogen-bond acceptors (Lipinski definition) is 3. The van der Waals surface area contributed by atoms with Crippen molar-refractivity contribution in [2.24, 2.45) is 5.92 Å². The Morgan fingerprint density at radius 1 is 0.909 bits per heavy atom. The molecule has 2 saturated heterocycles. The summed E-state index contributed by atoms with van der Waals surface area (Å²) in [6.07, 6.45) is 4.74. The second kappa shape index (κ2) is 11.7. The van der Waals surface area contributed by atoms with E-state index in [1.165, 1.54) is 6.42 Å². The van der Waals surface area contributed by atoms with E-state index in [0.717, 1.165) is 40.4 Å². The molecule has 1 atom stereocenters. The largest absolute Gasteiger partial charge is 0.342 e. The lowest BCUT2D eigenvalue weighted by molar-refractivity contribution is -0.141. The van der Waals surface area contributed by atoms with Gasteiger partial charge in [-0.25, -0.2) is 4.79 Å². The van der Waals surface area contributed by atoms with E-state index < -0.39 is 12.1 Å². The van der Waals surface area contributed by atoms with Crippen LogP contribution in [-0.2, 0) is 9.59 Å². The van der Waals surface area contributed by atoms with Gasteiger partial charge in [-0.15, -0.1) is 0 Å². The summed E-state index contributed by atoms with van der Waals surface area (Å²) in [5.74, 6) is 0.480. The molecule has 0 aliphatic carbocycles. The molecule has 182 valence electrons. The Labute approximate surface area is 213 Å². The standard InChI is InChI=1S/C24H34Br2N4O3/c1-15(2)18-13-19(25)21(20(26)14-18)28-24(33)27-16(3)22(31)30-11-7-17(8-12-30)23(32)29-9-5-4-6-10-29/h13-17H,4-12H2,1-3H3,(H2,27,28,33)/t16-/m1/s1. The smallest absolute Gasteiger partial charge is 0.319 e. The fraction of sp³-hybridized carbons (Fsp3) is 0.625. The van der Waals surface area contributed by atoms with Gasteiger partial charge >= 0.3 is 6.03 Å². The topological polar surface area (TPSA) is 81.8 Å². The molecule has 33 heavy (non-hydrogen) atoms. The number of benzene rings is 1. The number of likely N-dealkylation sites (tertiary alicyclic amines) is 2. The molecule has 0 spiro atoms. The lowest BCUT2D eigenvalue weighted by atomic mass is 9.94. The minimum atomic E-state index is -0.660. The number of rotatable bonds is 5. The summed E-state index contributed by atoms with van der Waals surface area (Å²) < 4.78 is 1.55. The summed E-state index contributed by atoms with van der Waals surface area (Å²) in [6.45, 7) is 8.72. The van der Waals surface area contributed by atoms with Crippen molar-refractivity contribution in [3.05, 3.63) is 26.6 Å². The van der Waals surface area contributed by atoms with Crippen molar-refractivity contribution >= 4 is 55.4 Å². The van der Waals surface area contributed by atoms with Gasteiger partial charge in [0.15, 0.2) is 0 Å². The van der Waals surface area contributed by atoms with Gasteiger partial charge in [0.25, 0.3) is 0 Å². The Hall–Kier alpha value is -1.61. The van der Waals surface area contributed by atoms with Crippen molar-refractivity contribution in [2.45, 2.75) is 64.8 Å². The predicted octanol–water partition coefficient (Wildman–Crippen LogP) is 5.10. The summed E-state index contributed by atoms with van der Waals surface area (Å²) in [5.41, 5.74) is 1.76. The van der Waals surface area contributed by atoms with Crippen LogP contribution in [0.2, 0.25) is 0 Å². The zero-order valence-electron chi connectivity index (χ0n) is 19.6. The van der Waals surface area contributed by atoms with Gasteiger partial charge in [0, 0.05) is 41.0 Å². The number of halogens is 2. The molecule has 0 radical (unpaired) electrons. The quantitative estimate of drug-likeness (QED) is 0.504. The Morgan fingerprint density at radius 3 is 2.03 bits per heavy atom. The Kier molecular flexibility index (Phi) is 9.21. The first-order chi connectivity index (χ1) is 15.7. The molecule has 0 saturated carbocycles. The molecule has 2 fully saturated rings. The van der Waals surface area contributed by atoms with Crippen molar-refractivity contribution in [1.82, 2.24) is 15.1 Å². The SMILES string of the molecule is CC(C)c1cc(Br)c(NC(=O)N[C@H](C)C(=O)N2CCC(C(=O)N3CCCCC3)CC2)c(Br)c1. The van der Waals surface area contributed by atoms with Crippen LogP contribution >= 0.6 is 31.9 Å². The highest BCUT2D eigenvalue weighted by molar-refractivity contribution is 9.11. The van der Waals surface area contributed by atoms with Gasteiger partial charge in [0.2, 0.25) is 11.8 Å². The Bertz CT molecular complexity index is 855. The predicted molar refractivity (Wildman–Crippen MR) is 137 cm³/mol. The molecule has 1 aromatic rings. The lowest BCUT2D eigenvalue weighted by Crippen LogP contribution is -2.51. The van der Waals surface area contributed by atoms with Crippen LogP contribution in [0.1, 0.15) is 64.4 Å². The number of urea groups is 1. The number of amides is 4. The molecule has 3 rings (SSSR count). The molecule has 0 bridgehead atoms. The second-order valence-electron chi connectivity index (χ2n) is 9.32. The Morgan fingerprint density at radius 2 is 1.48 bits per heavy atom. The number of carbonyl (C=O) groups is 3. The third-order valence-electron chi connectivity index (χ3n) is 6.51. The first kappa shape index (κ1) is 26.0. The van der Waals surface area contributed by atoms with Crippen molar-refractivity contribution in [3.63, 3.8) is 0 Å². The number of carbonyl (C=O) groups excluding carboxylic acids is 3. The maximum atomic E-state index is 12.9. The first-order valence-electron chi connectivity index (χ1n) is 11.8. The van der Waals surface area contributed by atoms with Gasteiger partial charge < -0.3 is 20.4 Å². The van der Waals surface area contributed by atoms with Crippen LogP contribution < -0.4 is 10.6 Å². The molecule has 0 aromatic heterocycles. The van der Waals surface area contributed by atoms with E-state index in [-0.39, 0.29) is 17.7 Å². The van der Waals surface area contributed by atoms with E-state index >= 15 is 0 Å². The van der Waals surface area contributed by atoms with Gasteiger partial charge in [-0.1, -0.05) is 13.8 Å². The average molecular weight is 586 g/mol. The normalized spacial score (nSPS) is 18.2. The van der Waals surface area contributed by atoms with Gasteiger partial charge in [-0.05, 0) is 94.5 Å². The summed E-state index contributed by atoms with van der Waals surface area (Å²) in [4.78, 5) is 41.9. The second-order valence-corrected chi connectivity index (χ2v) is 11.0. The highest BCUT2D eigenvalue weighted by Gasteiger charge is 2.32. The first-order valence-corrected chi connectivity index (χ1v) is 13.4. The van der Waals surface area contributed by atoms with Gasteiger partial charge in [-0.3, -0.25) is 9.59 Å². The zero-order valence-corrected chi connectivity index (χ0v) is 22.8. The van der Waals surface area contributed by atoms with Crippen molar-refractivity contribution in [3.8, 4) is 0 Å². The summed E-state index contributed by atoms with van der Waals surface area (Å²) in [6, 6.07) is 2.86. The van der Waals surface area contributed by atoms with Crippen LogP contribution in [-0.4, -0.2) is 59.9 Å². The van der Waals surface area contributed by atoms with E-state index in [1.807, 2.05) is 17.0 Å². The van der Waals surface area contributed by atoms with Crippen LogP contribution in [0.4, 0.5) is 10.5 Å². The van der Waals surface area contributed by atoms with E-state index in [4.69, 9.17) is 0 Å². The number of piperidine rings is 2. The van der Waals surface area contributed by atoms with Crippen LogP contribution in [0, 0.1) is 5.92 Å². The zero-order chi connectivity index (χ0) is 24.1.